The molecular weight excluding hydrogens is 254 g/mol. The maximum absolute atomic E-state index is 11.3. The fourth-order valence-electron chi connectivity index (χ4n) is 2.54. The van der Waals surface area contributed by atoms with Crippen molar-refractivity contribution in [1.82, 2.24) is 15.3 Å². The molecule has 6 nitrogen and oxygen atoms in total. The summed E-state index contributed by atoms with van der Waals surface area (Å²) < 4.78 is 0. The molecule has 3 rings (SSSR count). The summed E-state index contributed by atoms with van der Waals surface area (Å²) in [6.07, 6.45) is 8.12. The van der Waals surface area contributed by atoms with E-state index in [2.05, 4.69) is 20.2 Å². The smallest absolute Gasteiger partial charge is 0.225 e. The average molecular weight is 275 g/mol. The SMILES string of the molecule is NC(=O)C1CCCN(c2ncc(CNC3CC3)cn2)C1. The van der Waals surface area contributed by atoms with E-state index in [-0.39, 0.29) is 11.8 Å². The molecule has 1 amide bonds. The first-order chi connectivity index (χ1) is 9.72. The molecule has 0 bridgehead atoms. The Hall–Kier alpha value is -1.69. The second-order valence-corrected chi connectivity index (χ2v) is 5.73. The Morgan fingerprint density at radius 3 is 2.75 bits per heavy atom. The fraction of sp³-hybridized carbons (Fsp3) is 0.643. The second kappa shape index (κ2) is 5.75. The molecule has 1 atom stereocenters. The third-order valence-electron chi connectivity index (χ3n) is 3.97. The van der Waals surface area contributed by atoms with Crippen molar-refractivity contribution in [2.24, 2.45) is 11.7 Å². The first-order valence-electron chi connectivity index (χ1n) is 7.31. The average Bonchev–Trinajstić information content (AvgIpc) is 3.30. The van der Waals surface area contributed by atoms with Crippen molar-refractivity contribution in [3.8, 4) is 0 Å². The van der Waals surface area contributed by atoms with Gasteiger partial charge in [-0.2, -0.15) is 0 Å². The van der Waals surface area contributed by atoms with Crippen LogP contribution >= 0.6 is 0 Å². The summed E-state index contributed by atoms with van der Waals surface area (Å²) in [4.78, 5) is 22.2. The van der Waals surface area contributed by atoms with E-state index in [0.29, 0.717) is 18.5 Å². The summed E-state index contributed by atoms with van der Waals surface area (Å²) in [5.41, 5.74) is 6.49. The van der Waals surface area contributed by atoms with Gasteiger partial charge in [0.2, 0.25) is 11.9 Å². The topological polar surface area (TPSA) is 84.1 Å². The minimum atomic E-state index is -0.222. The number of amides is 1. The molecule has 3 N–H and O–H groups in total. The van der Waals surface area contributed by atoms with Crippen LogP contribution < -0.4 is 16.0 Å². The van der Waals surface area contributed by atoms with E-state index in [4.69, 9.17) is 5.73 Å². The number of carbonyl (C=O) groups excluding carboxylic acids is 1. The zero-order valence-electron chi connectivity index (χ0n) is 11.6. The lowest BCUT2D eigenvalue weighted by atomic mass is 9.98. The fourth-order valence-corrected chi connectivity index (χ4v) is 2.54. The summed E-state index contributed by atoms with van der Waals surface area (Å²) in [5, 5.41) is 3.44. The third-order valence-corrected chi connectivity index (χ3v) is 3.97. The van der Waals surface area contributed by atoms with Gasteiger partial charge in [-0.05, 0) is 25.7 Å². The summed E-state index contributed by atoms with van der Waals surface area (Å²) in [6.45, 7) is 2.35. The van der Waals surface area contributed by atoms with E-state index >= 15 is 0 Å². The largest absolute Gasteiger partial charge is 0.369 e. The second-order valence-electron chi connectivity index (χ2n) is 5.73. The molecule has 1 aliphatic carbocycles. The summed E-state index contributed by atoms with van der Waals surface area (Å²) in [7, 11) is 0. The van der Waals surface area contributed by atoms with Gasteiger partial charge in [0.25, 0.3) is 0 Å². The number of nitrogens with two attached hydrogens (primary N) is 1. The lowest BCUT2D eigenvalue weighted by molar-refractivity contribution is -0.122. The number of nitrogens with zero attached hydrogens (tertiary/aromatic N) is 3. The van der Waals surface area contributed by atoms with Gasteiger partial charge in [0.15, 0.2) is 0 Å². The lowest BCUT2D eigenvalue weighted by Crippen LogP contribution is -2.41. The summed E-state index contributed by atoms with van der Waals surface area (Å²) in [5.74, 6) is 0.398. The summed E-state index contributed by atoms with van der Waals surface area (Å²) in [6, 6.07) is 0.688. The molecule has 1 aromatic heterocycles. The van der Waals surface area contributed by atoms with Gasteiger partial charge in [-0.1, -0.05) is 0 Å². The molecule has 1 saturated heterocycles. The number of anilines is 1. The third kappa shape index (κ3) is 3.25. The molecule has 2 fully saturated rings. The van der Waals surface area contributed by atoms with Crippen molar-refractivity contribution < 1.29 is 4.79 Å². The Morgan fingerprint density at radius 2 is 2.10 bits per heavy atom. The molecular formula is C14H21N5O. The zero-order chi connectivity index (χ0) is 13.9. The molecule has 0 radical (unpaired) electrons. The number of hydrogen-bond acceptors (Lipinski definition) is 5. The predicted molar refractivity (Wildman–Crippen MR) is 76.0 cm³/mol. The number of piperidine rings is 1. The Labute approximate surface area is 118 Å². The van der Waals surface area contributed by atoms with Gasteiger partial charge in [-0.15, -0.1) is 0 Å². The van der Waals surface area contributed by atoms with Crippen LogP contribution in [0.3, 0.4) is 0 Å². The molecule has 0 spiro atoms. The van der Waals surface area contributed by atoms with E-state index < -0.39 is 0 Å². The van der Waals surface area contributed by atoms with Crippen LogP contribution in [0, 0.1) is 5.92 Å². The molecule has 108 valence electrons. The van der Waals surface area contributed by atoms with Gasteiger partial charge in [-0.25, -0.2) is 9.97 Å². The summed E-state index contributed by atoms with van der Waals surface area (Å²) >= 11 is 0. The van der Waals surface area contributed by atoms with E-state index in [1.165, 1.54) is 12.8 Å². The number of hydrogen-bond donors (Lipinski definition) is 2. The molecule has 20 heavy (non-hydrogen) atoms. The monoisotopic (exact) mass is 275 g/mol. The van der Waals surface area contributed by atoms with Crippen LogP contribution in [-0.2, 0) is 11.3 Å². The molecule has 0 aromatic carbocycles. The van der Waals surface area contributed by atoms with Gasteiger partial charge < -0.3 is 16.0 Å². The highest BCUT2D eigenvalue weighted by Crippen LogP contribution is 2.21. The quantitative estimate of drug-likeness (QED) is 0.814. The van der Waals surface area contributed by atoms with Gasteiger partial charge in [-0.3, -0.25) is 4.79 Å². The minimum Gasteiger partial charge on any atom is -0.369 e. The standard InChI is InChI=1S/C14H21N5O/c15-13(20)11-2-1-5-19(9-11)14-17-7-10(8-18-14)6-16-12-3-4-12/h7-8,11-12,16H,1-6,9H2,(H2,15,20). The minimum absolute atomic E-state index is 0.0800. The van der Waals surface area contributed by atoms with Crippen LogP contribution in [0.2, 0.25) is 0 Å². The molecule has 6 heteroatoms. The zero-order valence-corrected chi connectivity index (χ0v) is 11.6. The number of primary amides is 1. The molecule has 1 saturated carbocycles. The predicted octanol–water partition coefficient (Wildman–Crippen LogP) is 0.430. The van der Waals surface area contributed by atoms with E-state index in [0.717, 1.165) is 31.5 Å². The Morgan fingerprint density at radius 1 is 1.35 bits per heavy atom. The van der Waals surface area contributed by atoms with E-state index in [9.17, 15) is 4.79 Å². The van der Waals surface area contributed by atoms with Crippen molar-refractivity contribution in [3.63, 3.8) is 0 Å². The van der Waals surface area contributed by atoms with Crippen molar-refractivity contribution in [2.45, 2.75) is 38.3 Å². The Bertz CT molecular complexity index is 471. The van der Waals surface area contributed by atoms with Crippen LogP contribution in [0.5, 0.6) is 0 Å². The Kier molecular flexibility index (Phi) is 3.82. The lowest BCUT2D eigenvalue weighted by Gasteiger charge is -2.31. The van der Waals surface area contributed by atoms with Crippen molar-refractivity contribution in [1.29, 1.82) is 0 Å². The number of aromatic nitrogens is 2. The maximum atomic E-state index is 11.3. The first-order valence-corrected chi connectivity index (χ1v) is 7.31. The van der Waals surface area contributed by atoms with Crippen LogP contribution in [0.1, 0.15) is 31.2 Å². The number of nitrogens with one attached hydrogen (secondary N) is 1. The first kappa shape index (κ1) is 13.3. The van der Waals surface area contributed by atoms with E-state index in [1.54, 1.807) is 0 Å². The molecule has 1 aromatic rings. The van der Waals surface area contributed by atoms with Crippen LogP contribution in [0.4, 0.5) is 5.95 Å². The van der Waals surface area contributed by atoms with Crippen LogP contribution in [-0.4, -0.2) is 35.0 Å². The van der Waals surface area contributed by atoms with Crippen LogP contribution in [0.25, 0.3) is 0 Å². The highest BCUT2D eigenvalue weighted by Gasteiger charge is 2.25. The highest BCUT2D eigenvalue weighted by atomic mass is 16.1. The normalized spacial score (nSPS) is 22.8. The van der Waals surface area contributed by atoms with Crippen molar-refractivity contribution in [3.05, 3.63) is 18.0 Å². The van der Waals surface area contributed by atoms with E-state index in [1.807, 2.05) is 12.4 Å². The van der Waals surface area contributed by atoms with Gasteiger partial charge >= 0.3 is 0 Å². The molecule has 2 aliphatic rings. The number of carbonyl (C=O) groups is 1. The molecule has 2 heterocycles. The van der Waals surface area contributed by atoms with Crippen molar-refractivity contribution >= 4 is 11.9 Å². The number of rotatable bonds is 5. The molecule has 1 aliphatic heterocycles. The van der Waals surface area contributed by atoms with Crippen LogP contribution in [0.15, 0.2) is 12.4 Å². The Balaban J connectivity index is 1.59. The van der Waals surface area contributed by atoms with Gasteiger partial charge in [0.05, 0.1) is 5.92 Å². The highest BCUT2D eigenvalue weighted by molar-refractivity contribution is 5.77. The molecule has 1 unspecified atom stereocenters. The maximum Gasteiger partial charge on any atom is 0.225 e. The van der Waals surface area contributed by atoms with Crippen molar-refractivity contribution in [2.75, 3.05) is 18.0 Å². The van der Waals surface area contributed by atoms with Gasteiger partial charge in [0, 0.05) is 43.6 Å². The van der Waals surface area contributed by atoms with Gasteiger partial charge in [0.1, 0.15) is 0 Å².